The van der Waals surface area contributed by atoms with Gasteiger partial charge in [0.15, 0.2) is 11.6 Å². The number of benzene rings is 1. The van der Waals surface area contributed by atoms with Crippen LogP contribution in [0.5, 0.6) is 5.75 Å². The summed E-state index contributed by atoms with van der Waals surface area (Å²) in [6, 6.07) is 5.33. The molecule has 1 aromatic carbocycles. The van der Waals surface area contributed by atoms with E-state index in [1.54, 1.807) is 12.1 Å². The van der Waals surface area contributed by atoms with Crippen LogP contribution in [0.15, 0.2) is 18.2 Å². The first kappa shape index (κ1) is 13.7. The van der Waals surface area contributed by atoms with E-state index >= 15 is 0 Å². The van der Waals surface area contributed by atoms with Crippen LogP contribution in [0.2, 0.25) is 0 Å². The summed E-state index contributed by atoms with van der Waals surface area (Å²) in [6.45, 7) is 3.07. The summed E-state index contributed by atoms with van der Waals surface area (Å²) in [5.41, 5.74) is 0.969. The molecule has 2 rings (SSSR count). The number of hydrogen-bond donors (Lipinski definition) is 1. The molecule has 2 nitrogen and oxygen atoms in total. The zero-order chi connectivity index (χ0) is 13.0. The zero-order valence-electron chi connectivity index (χ0n) is 10.9. The Bertz CT molecular complexity index is 393. The van der Waals surface area contributed by atoms with Crippen LogP contribution in [0, 0.1) is 5.82 Å². The van der Waals surface area contributed by atoms with Gasteiger partial charge in [-0.05, 0) is 43.2 Å². The molecule has 1 aliphatic rings. The van der Waals surface area contributed by atoms with Crippen molar-refractivity contribution in [2.75, 3.05) is 19.4 Å². The maximum Gasteiger partial charge on any atom is 0.165 e. The van der Waals surface area contributed by atoms with E-state index in [9.17, 15) is 4.39 Å². The Morgan fingerprint density at radius 3 is 3.00 bits per heavy atom. The summed E-state index contributed by atoms with van der Waals surface area (Å²) in [5.74, 6) is 1.29. The van der Waals surface area contributed by atoms with Crippen molar-refractivity contribution in [3.63, 3.8) is 0 Å². The Morgan fingerprint density at radius 2 is 2.39 bits per heavy atom. The minimum atomic E-state index is -0.293. The summed E-state index contributed by atoms with van der Waals surface area (Å²) in [5, 5.41) is 4.20. The van der Waals surface area contributed by atoms with Gasteiger partial charge in [-0.3, -0.25) is 0 Å². The molecule has 0 aromatic heterocycles. The standard InChI is InChI=1S/C14H20FNOS/c1-10(16-9-12-4-3-7-18-12)11-5-6-14(17-2)13(15)8-11/h5-6,8,10,12,16H,3-4,7,9H2,1-2H3. The van der Waals surface area contributed by atoms with Crippen molar-refractivity contribution in [3.8, 4) is 5.75 Å². The Balaban J connectivity index is 1.91. The molecule has 1 heterocycles. The van der Waals surface area contributed by atoms with E-state index in [2.05, 4.69) is 12.2 Å². The quantitative estimate of drug-likeness (QED) is 0.885. The molecule has 2 atom stereocenters. The van der Waals surface area contributed by atoms with Crippen LogP contribution in [0.25, 0.3) is 0 Å². The van der Waals surface area contributed by atoms with Crippen molar-refractivity contribution >= 4 is 11.8 Å². The lowest BCUT2D eigenvalue weighted by molar-refractivity contribution is 0.385. The third-order valence-electron chi connectivity index (χ3n) is 3.35. The summed E-state index contributed by atoms with van der Waals surface area (Å²) in [7, 11) is 1.48. The summed E-state index contributed by atoms with van der Waals surface area (Å²) in [6.07, 6.45) is 2.61. The van der Waals surface area contributed by atoms with Crippen LogP contribution in [0.1, 0.15) is 31.4 Å². The van der Waals surface area contributed by atoms with Crippen LogP contribution in [-0.4, -0.2) is 24.7 Å². The average molecular weight is 269 g/mol. The first-order valence-electron chi connectivity index (χ1n) is 6.39. The molecule has 0 radical (unpaired) electrons. The fourth-order valence-corrected chi connectivity index (χ4v) is 3.40. The van der Waals surface area contributed by atoms with Crippen LogP contribution in [0.3, 0.4) is 0 Å². The first-order chi connectivity index (χ1) is 8.70. The molecule has 100 valence electrons. The third-order valence-corrected chi connectivity index (χ3v) is 4.75. The van der Waals surface area contributed by atoms with Crippen LogP contribution in [-0.2, 0) is 0 Å². The molecule has 1 aliphatic heterocycles. The smallest absolute Gasteiger partial charge is 0.165 e. The van der Waals surface area contributed by atoms with Gasteiger partial charge in [-0.15, -0.1) is 0 Å². The molecule has 0 bridgehead atoms. The number of hydrogen-bond acceptors (Lipinski definition) is 3. The molecule has 0 amide bonds. The molecule has 4 heteroatoms. The number of halogens is 1. The summed E-state index contributed by atoms with van der Waals surface area (Å²) < 4.78 is 18.5. The second-order valence-electron chi connectivity index (χ2n) is 4.66. The second-order valence-corrected chi connectivity index (χ2v) is 6.07. The number of nitrogens with one attached hydrogen (secondary N) is 1. The van der Waals surface area contributed by atoms with E-state index in [-0.39, 0.29) is 11.9 Å². The molecule has 2 unspecified atom stereocenters. The first-order valence-corrected chi connectivity index (χ1v) is 7.44. The molecular formula is C14H20FNOS. The topological polar surface area (TPSA) is 21.3 Å². The highest BCUT2D eigenvalue weighted by Crippen LogP contribution is 2.26. The van der Waals surface area contributed by atoms with Gasteiger partial charge < -0.3 is 10.1 Å². The molecule has 0 aliphatic carbocycles. The Kier molecular flexibility index (Phi) is 4.89. The van der Waals surface area contributed by atoms with Gasteiger partial charge >= 0.3 is 0 Å². The monoisotopic (exact) mass is 269 g/mol. The van der Waals surface area contributed by atoms with E-state index in [1.807, 2.05) is 17.8 Å². The Labute approximate surface area is 112 Å². The number of rotatable bonds is 5. The normalized spacial score (nSPS) is 20.9. The van der Waals surface area contributed by atoms with Gasteiger partial charge in [0.25, 0.3) is 0 Å². The van der Waals surface area contributed by atoms with Gasteiger partial charge in [-0.25, -0.2) is 4.39 Å². The van der Waals surface area contributed by atoms with Gasteiger partial charge in [0, 0.05) is 17.8 Å². The van der Waals surface area contributed by atoms with E-state index < -0.39 is 0 Å². The predicted molar refractivity (Wildman–Crippen MR) is 74.8 cm³/mol. The Morgan fingerprint density at radius 1 is 1.56 bits per heavy atom. The zero-order valence-corrected chi connectivity index (χ0v) is 11.7. The van der Waals surface area contributed by atoms with Crippen LogP contribution < -0.4 is 10.1 Å². The lowest BCUT2D eigenvalue weighted by atomic mass is 10.1. The lowest BCUT2D eigenvalue weighted by Gasteiger charge is -2.17. The van der Waals surface area contributed by atoms with Gasteiger partial charge in [0.1, 0.15) is 0 Å². The van der Waals surface area contributed by atoms with E-state index in [1.165, 1.54) is 25.7 Å². The van der Waals surface area contributed by atoms with Crippen molar-refractivity contribution in [3.05, 3.63) is 29.6 Å². The number of ether oxygens (including phenoxy) is 1. The molecular weight excluding hydrogens is 249 g/mol. The summed E-state index contributed by atoms with van der Waals surface area (Å²) >= 11 is 2.03. The lowest BCUT2D eigenvalue weighted by Crippen LogP contribution is -2.26. The minimum Gasteiger partial charge on any atom is -0.494 e. The third kappa shape index (κ3) is 3.39. The van der Waals surface area contributed by atoms with E-state index in [0.29, 0.717) is 5.75 Å². The van der Waals surface area contributed by atoms with E-state index in [4.69, 9.17) is 4.74 Å². The fourth-order valence-electron chi connectivity index (χ4n) is 2.18. The average Bonchev–Trinajstić information content (AvgIpc) is 2.89. The number of thioether (sulfide) groups is 1. The molecule has 0 saturated carbocycles. The highest BCUT2D eigenvalue weighted by atomic mass is 32.2. The van der Waals surface area contributed by atoms with Crippen LogP contribution >= 0.6 is 11.8 Å². The van der Waals surface area contributed by atoms with Crippen molar-refractivity contribution in [2.45, 2.75) is 31.1 Å². The van der Waals surface area contributed by atoms with Gasteiger partial charge in [0.05, 0.1) is 7.11 Å². The van der Waals surface area contributed by atoms with Crippen molar-refractivity contribution in [2.24, 2.45) is 0 Å². The molecule has 18 heavy (non-hydrogen) atoms. The van der Waals surface area contributed by atoms with Crippen molar-refractivity contribution in [1.29, 1.82) is 0 Å². The van der Waals surface area contributed by atoms with Crippen LogP contribution in [0.4, 0.5) is 4.39 Å². The molecule has 1 N–H and O–H groups in total. The van der Waals surface area contributed by atoms with Gasteiger partial charge in [-0.2, -0.15) is 11.8 Å². The molecule has 1 saturated heterocycles. The highest BCUT2D eigenvalue weighted by Gasteiger charge is 2.17. The molecule has 1 aromatic rings. The maximum absolute atomic E-state index is 13.6. The SMILES string of the molecule is COc1ccc(C(C)NCC2CCCS2)cc1F. The van der Waals surface area contributed by atoms with Gasteiger partial charge in [-0.1, -0.05) is 6.07 Å². The largest absolute Gasteiger partial charge is 0.494 e. The minimum absolute atomic E-state index is 0.173. The molecule has 0 spiro atoms. The van der Waals surface area contributed by atoms with E-state index in [0.717, 1.165) is 17.4 Å². The molecule has 1 fully saturated rings. The van der Waals surface area contributed by atoms with Crippen molar-refractivity contribution < 1.29 is 9.13 Å². The summed E-state index contributed by atoms with van der Waals surface area (Å²) in [4.78, 5) is 0. The Hall–Kier alpha value is -0.740. The number of methoxy groups -OCH3 is 1. The second kappa shape index (κ2) is 6.43. The fraction of sp³-hybridized carbons (Fsp3) is 0.571. The van der Waals surface area contributed by atoms with Gasteiger partial charge in [0.2, 0.25) is 0 Å². The van der Waals surface area contributed by atoms with Crippen molar-refractivity contribution in [1.82, 2.24) is 5.32 Å². The highest BCUT2D eigenvalue weighted by molar-refractivity contribution is 8.00. The predicted octanol–water partition coefficient (Wildman–Crippen LogP) is 3.38. The maximum atomic E-state index is 13.6.